The van der Waals surface area contributed by atoms with Crippen LogP contribution < -0.4 is 0 Å². The summed E-state index contributed by atoms with van der Waals surface area (Å²) >= 11 is 0. The Kier molecular flexibility index (Phi) is 4.02. The number of hydrogen-bond donors (Lipinski definition) is 1. The molecule has 0 aliphatic carbocycles. The van der Waals surface area contributed by atoms with Gasteiger partial charge in [0, 0.05) is 29.2 Å². The molecule has 23 heavy (non-hydrogen) atoms. The van der Waals surface area contributed by atoms with Crippen molar-refractivity contribution in [3.8, 4) is 5.69 Å². The molecule has 3 nitrogen and oxygen atoms in total. The molecule has 0 atom stereocenters. The maximum Gasteiger partial charge on any atom is 0.430 e. The van der Waals surface area contributed by atoms with E-state index in [1.807, 2.05) is 0 Å². The molecular formula is C14H9F6NO2. The molecule has 0 aliphatic rings. The van der Waals surface area contributed by atoms with Crippen LogP contribution in [-0.2, 0) is 5.60 Å². The van der Waals surface area contributed by atoms with Crippen molar-refractivity contribution in [3.05, 3.63) is 53.9 Å². The van der Waals surface area contributed by atoms with E-state index in [2.05, 4.69) is 0 Å². The second kappa shape index (κ2) is 5.41. The first-order valence-electron chi connectivity index (χ1n) is 6.10. The zero-order chi connectivity index (χ0) is 17.5. The summed E-state index contributed by atoms with van der Waals surface area (Å²) in [6.07, 6.45) is -8.55. The molecule has 0 radical (unpaired) electrons. The van der Waals surface area contributed by atoms with Gasteiger partial charge < -0.3 is 9.67 Å². The number of carbonyl (C=O) groups excluding carboxylic acids is 1. The van der Waals surface area contributed by atoms with E-state index in [0.29, 0.717) is 18.4 Å². The number of halogens is 6. The average molecular weight is 337 g/mol. The molecule has 2 aromatic rings. The molecule has 1 heterocycles. The van der Waals surface area contributed by atoms with Crippen LogP contribution in [0, 0.1) is 0 Å². The fourth-order valence-corrected chi connectivity index (χ4v) is 2.01. The smallest absolute Gasteiger partial charge is 0.369 e. The van der Waals surface area contributed by atoms with Crippen LogP contribution in [0.5, 0.6) is 0 Å². The van der Waals surface area contributed by atoms with Crippen molar-refractivity contribution in [2.24, 2.45) is 0 Å². The van der Waals surface area contributed by atoms with Gasteiger partial charge in [0.15, 0.2) is 6.29 Å². The molecular weight excluding hydrogens is 328 g/mol. The lowest BCUT2D eigenvalue weighted by atomic mass is 9.92. The fourth-order valence-electron chi connectivity index (χ4n) is 2.01. The molecule has 0 saturated carbocycles. The summed E-state index contributed by atoms with van der Waals surface area (Å²) in [5.41, 5.74) is -5.78. The van der Waals surface area contributed by atoms with Crippen LogP contribution in [0.25, 0.3) is 5.69 Å². The van der Waals surface area contributed by atoms with E-state index < -0.39 is 23.5 Å². The first-order chi connectivity index (χ1) is 10.5. The normalized spacial score (nSPS) is 13.2. The van der Waals surface area contributed by atoms with Crippen molar-refractivity contribution in [2.45, 2.75) is 18.0 Å². The third-order valence-corrected chi connectivity index (χ3v) is 3.26. The molecule has 1 aromatic heterocycles. The average Bonchev–Trinajstić information content (AvgIpc) is 2.93. The molecule has 0 amide bonds. The van der Waals surface area contributed by atoms with Crippen LogP contribution in [0.15, 0.2) is 42.7 Å². The van der Waals surface area contributed by atoms with E-state index in [-0.39, 0.29) is 11.3 Å². The zero-order valence-corrected chi connectivity index (χ0v) is 11.2. The lowest BCUT2D eigenvalue weighted by Crippen LogP contribution is -2.53. The van der Waals surface area contributed by atoms with E-state index in [1.54, 1.807) is 0 Å². The van der Waals surface area contributed by atoms with Gasteiger partial charge in [0.05, 0.1) is 0 Å². The highest BCUT2D eigenvalue weighted by Crippen LogP contribution is 2.49. The minimum Gasteiger partial charge on any atom is -0.369 e. The van der Waals surface area contributed by atoms with Gasteiger partial charge in [-0.1, -0.05) is 12.1 Å². The van der Waals surface area contributed by atoms with Gasteiger partial charge >= 0.3 is 12.4 Å². The van der Waals surface area contributed by atoms with Crippen LogP contribution in [0.4, 0.5) is 26.3 Å². The molecule has 124 valence electrons. The van der Waals surface area contributed by atoms with Crippen LogP contribution in [0.3, 0.4) is 0 Å². The lowest BCUT2D eigenvalue weighted by molar-refractivity contribution is -0.376. The quantitative estimate of drug-likeness (QED) is 0.687. The Bertz CT molecular complexity index is 685. The summed E-state index contributed by atoms with van der Waals surface area (Å²) in [5.74, 6) is 0. The maximum absolute atomic E-state index is 12.7. The van der Waals surface area contributed by atoms with Crippen molar-refractivity contribution in [2.75, 3.05) is 0 Å². The standard InChI is InChI=1S/C14H9F6NO2/c15-13(16,17)12(23,14(18,19)20)10-1-3-11(4-2-10)21-6-5-9(7-21)8-22/h1-8,23H. The number of hydrogen-bond acceptors (Lipinski definition) is 2. The second-order valence-electron chi connectivity index (χ2n) is 4.72. The third-order valence-electron chi connectivity index (χ3n) is 3.26. The Morgan fingerprint density at radius 3 is 1.83 bits per heavy atom. The minimum atomic E-state index is -5.93. The van der Waals surface area contributed by atoms with Gasteiger partial charge in [-0.2, -0.15) is 26.3 Å². The molecule has 1 N–H and O–H groups in total. The third kappa shape index (κ3) is 2.83. The van der Waals surface area contributed by atoms with Gasteiger partial charge in [-0.3, -0.25) is 4.79 Å². The Labute approximate surface area is 125 Å². The summed E-state index contributed by atoms with van der Waals surface area (Å²) < 4.78 is 77.8. The SMILES string of the molecule is O=Cc1ccn(-c2ccc(C(O)(C(F)(F)F)C(F)(F)F)cc2)c1. The van der Waals surface area contributed by atoms with Crippen LogP contribution >= 0.6 is 0 Å². The molecule has 9 heteroatoms. The molecule has 0 unspecified atom stereocenters. The highest BCUT2D eigenvalue weighted by atomic mass is 19.4. The van der Waals surface area contributed by atoms with Crippen molar-refractivity contribution < 1.29 is 36.2 Å². The number of carbonyl (C=O) groups is 1. The van der Waals surface area contributed by atoms with Crippen molar-refractivity contribution in [1.29, 1.82) is 0 Å². The lowest BCUT2D eigenvalue weighted by Gasteiger charge is -2.32. The van der Waals surface area contributed by atoms with Gasteiger partial charge in [0.25, 0.3) is 5.60 Å². The van der Waals surface area contributed by atoms with E-state index in [1.165, 1.54) is 23.0 Å². The Morgan fingerprint density at radius 1 is 0.913 bits per heavy atom. The zero-order valence-electron chi connectivity index (χ0n) is 11.2. The molecule has 1 aromatic carbocycles. The molecule has 0 fully saturated rings. The highest BCUT2D eigenvalue weighted by molar-refractivity contribution is 5.74. The largest absolute Gasteiger partial charge is 0.430 e. The number of aromatic nitrogens is 1. The predicted octanol–water partition coefficient (Wildman–Crippen LogP) is 3.60. The van der Waals surface area contributed by atoms with Crippen molar-refractivity contribution in [1.82, 2.24) is 4.57 Å². The number of nitrogens with zero attached hydrogens (tertiary/aromatic N) is 1. The van der Waals surface area contributed by atoms with E-state index in [9.17, 15) is 36.2 Å². The van der Waals surface area contributed by atoms with E-state index in [4.69, 9.17) is 0 Å². The van der Waals surface area contributed by atoms with Crippen molar-refractivity contribution >= 4 is 6.29 Å². The summed E-state index contributed by atoms with van der Waals surface area (Å²) in [5, 5.41) is 9.26. The first kappa shape index (κ1) is 17.1. The minimum absolute atomic E-state index is 0.230. The van der Waals surface area contributed by atoms with Crippen LogP contribution in [0.2, 0.25) is 0 Å². The van der Waals surface area contributed by atoms with Crippen LogP contribution in [-0.4, -0.2) is 28.3 Å². The summed E-state index contributed by atoms with van der Waals surface area (Å²) in [7, 11) is 0. The molecule has 0 saturated heterocycles. The van der Waals surface area contributed by atoms with Gasteiger partial charge in [-0.05, 0) is 18.2 Å². The Morgan fingerprint density at radius 2 is 1.43 bits per heavy atom. The summed E-state index contributed by atoms with van der Waals surface area (Å²) in [4.78, 5) is 10.6. The number of alkyl halides is 6. The predicted molar refractivity (Wildman–Crippen MR) is 67.2 cm³/mol. The van der Waals surface area contributed by atoms with E-state index >= 15 is 0 Å². The topological polar surface area (TPSA) is 42.2 Å². The maximum atomic E-state index is 12.7. The van der Waals surface area contributed by atoms with Crippen molar-refractivity contribution in [3.63, 3.8) is 0 Å². The number of aliphatic hydroxyl groups is 1. The molecule has 2 rings (SSSR count). The number of rotatable bonds is 3. The monoisotopic (exact) mass is 337 g/mol. The highest BCUT2D eigenvalue weighted by Gasteiger charge is 2.71. The fraction of sp³-hybridized carbons (Fsp3) is 0.214. The van der Waals surface area contributed by atoms with E-state index in [0.717, 1.165) is 12.1 Å². The number of benzene rings is 1. The summed E-state index contributed by atoms with van der Waals surface area (Å²) in [6, 6.07) is 4.45. The van der Waals surface area contributed by atoms with Crippen LogP contribution in [0.1, 0.15) is 15.9 Å². The molecule has 0 spiro atoms. The van der Waals surface area contributed by atoms with Gasteiger partial charge in [-0.15, -0.1) is 0 Å². The Hall–Kier alpha value is -2.29. The van der Waals surface area contributed by atoms with Gasteiger partial charge in [-0.25, -0.2) is 0 Å². The molecule has 0 bridgehead atoms. The second-order valence-corrected chi connectivity index (χ2v) is 4.72. The van der Waals surface area contributed by atoms with Gasteiger partial charge in [0.2, 0.25) is 0 Å². The molecule has 0 aliphatic heterocycles. The van der Waals surface area contributed by atoms with Gasteiger partial charge in [0.1, 0.15) is 0 Å². The Balaban J connectivity index is 2.46. The summed E-state index contributed by atoms with van der Waals surface area (Å²) in [6.45, 7) is 0. The first-order valence-corrected chi connectivity index (χ1v) is 6.10. The number of aldehydes is 1.